The number of nitrogens with zero attached hydrogens (tertiary/aromatic N) is 4. The third kappa shape index (κ3) is 3.15. The zero-order valence-electron chi connectivity index (χ0n) is 13.8. The lowest BCUT2D eigenvalue weighted by atomic mass is 10.0. The lowest BCUT2D eigenvalue weighted by molar-refractivity contribution is 1.23. The van der Waals surface area contributed by atoms with Crippen molar-refractivity contribution in [2.75, 3.05) is 0 Å². The van der Waals surface area contributed by atoms with Gasteiger partial charge in [0.25, 0.3) is 0 Å². The predicted octanol–water partition coefficient (Wildman–Crippen LogP) is 4.58. The zero-order valence-corrected chi connectivity index (χ0v) is 13.8. The van der Waals surface area contributed by atoms with E-state index < -0.39 is 0 Å². The normalized spacial score (nSPS) is 10.6. The summed E-state index contributed by atoms with van der Waals surface area (Å²) >= 11 is 0. The second kappa shape index (κ2) is 6.61. The van der Waals surface area contributed by atoms with Crippen LogP contribution in [0.2, 0.25) is 0 Å². The van der Waals surface area contributed by atoms with Crippen LogP contribution in [0.25, 0.3) is 33.6 Å². The first-order valence-corrected chi connectivity index (χ1v) is 8.05. The first-order chi connectivity index (χ1) is 12.3. The maximum absolute atomic E-state index is 4.65. The van der Waals surface area contributed by atoms with E-state index >= 15 is 0 Å². The quantitative estimate of drug-likeness (QED) is 0.553. The number of hydrogen-bond acceptors (Lipinski definition) is 4. The van der Waals surface area contributed by atoms with Crippen LogP contribution >= 0.6 is 0 Å². The molecule has 4 rings (SSSR count). The number of aryl methyl sites for hydroxylation is 1. The number of hydrogen-bond donors (Lipinski definition) is 0. The molecule has 0 saturated heterocycles. The molecule has 0 radical (unpaired) electrons. The van der Waals surface area contributed by atoms with Gasteiger partial charge in [0, 0.05) is 59.4 Å². The highest BCUT2D eigenvalue weighted by Crippen LogP contribution is 2.26. The number of rotatable bonds is 3. The highest BCUT2D eigenvalue weighted by atomic mass is 14.7. The van der Waals surface area contributed by atoms with Crippen molar-refractivity contribution in [3.05, 3.63) is 85.2 Å². The van der Waals surface area contributed by atoms with E-state index in [1.807, 2.05) is 55.1 Å². The molecule has 4 heterocycles. The Labute approximate surface area is 146 Å². The third-order valence-corrected chi connectivity index (χ3v) is 4.07. The summed E-state index contributed by atoms with van der Waals surface area (Å²) in [6.07, 6.45) is 10.9. The minimum absolute atomic E-state index is 0.904. The van der Waals surface area contributed by atoms with Crippen LogP contribution in [0.15, 0.2) is 79.6 Å². The van der Waals surface area contributed by atoms with Gasteiger partial charge in [-0.05, 0) is 48.9 Å². The van der Waals surface area contributed by atoms with Crippen LogP contribution in [0.4, 0.5) is 0 Å². The molecule has 120 valence electrons. The molecule has 4 heteroatoms. The molecule has 0 fully saturated rings. The van der Waals surface area contributed by atoms with Gasteiger partial charge in [0.1, 0.15) is 0 Å². The van der Waals surface area contributed by atoms with E-state index in [1.54, 1.807) is 12.4 Å². The maximum atomic E-state index is 4.65. The second-order valence-corrected chi connectivity index (χ2v) is 5.81. The van der Waals surface area contributed by atoms with Gasteiger partial charge in [-0.3, -0.25) is 19.9 Å². The molecule has 0 spiro atoms. The zero-order chi connectivity index (χ0) is 17.1. The Hall–Kier alpha value is -3.40. The number of aromatic nitrogens is 4. The van der Waals surface area contributed by atoms with Crippen LogP contribution in [0.5, 0.6) is 0 Å². The van der Waals surface area contributed by atoms with E-state index in [2.05, 4.69) is 39.0 Å². The van der Waals surface area contributed by atoms with Gasteiger partial charge in [0.2, 0.25) is 0 Å². The first kappa shape index (κ1) is 15.1. The van der Waals surface area contributed by atoms with Crippen molar-refractivity contribution in [2.24, 2.45) is 0 Å². The van der Waals surface area contributed by atoms with Gasteiger partial charge in [-0.2, -0.15) is 0 Å². The van der Waals surface area contributed by atoms with Gasteiger partial charge in [0.15, 0.2) is 0 Å². The van der Waals surface area contributed by atoms with Crippen molar-refractivity contribution >= 4 is 0 Å². The summed E-state index contributed by atoms with van der Waals surface area (Å²) in [4.78, 5) is 17.5. The van der Waals surface area contributed by atoms with Crippen molar-refractivity contribution in [3.63, 3.8) is 0 Å². The molecule has 0 aliphatic heterocycles. The van der Waals surface area contributed by atoms with Gasteiger partial charge >= 0.3 is 0 Å². The smallest absolute Gasteiger partial charge is 0.0747 e. The van der Waals surface area contributed by atoms with E-state index in [-0.39, 0.29) is 0 Å². The summed E-state index contributed by atoms with van der Waals surface area (Å²) in [5.41, 5.74) is 7.09. The number of pyridine rings is 4. The van der Waals surface area contributed by atoms with E-state index in [0.29, 0.717) is 0 Å². The Morgan fingerprint density at radius 2 is 1.36 bits per heavy atom. The lowest BCUT2D eigenvalue weighted by Gasteiger charge is -2.08. The van der Waals surface area contributed by atoms with Crippen molar-refractivity contribution in [2.45, 2.75) is 6.92 Å². The molecule has 0 unspecified atom stereocenters. The fourth-order valence-electron chi connectivity index (χ4n) is 2.79. The topological polar surface area (TPSA) is 51.6 Å². The molecular formula is C21H16N4. The van der Waals surface area contributed by atoms with Crippen LogP contribution < -0.4 is 0 Å². The molecule has 0 atom stereocenters. The summed E-state index contributed by atoms with van der Waals surface area (Å²) < 4.78 is 0. The van der Waals surface area contributed by atoms with E-state index in [9.17, 15) is 0 Å². The molecule has 0 aromatic carbocycles. The molecule has 0 saturated carbocycles. The van der Waals surface area contributed by atoms with Crippen LogP contribution in [0, 0.1) is 6.92 Å². The van der Waals surface area contributed by atoms with Gasteiger partial charge in [-0.25, -0.2) is 0 Å². The van der Waals surface area contributed by atoms with Gasteiger partial charge in [0.05, 0.1) is 11.4 Å². The SMILES string of the molecule is Cc1cc(-c2cccnc2)cnc1-c1ccc(-c2cccnc2)nc1. The van der Waals surface area contributed by atoms with Crippen LogP contribution in [-0.4, -0.2) is 19.9 Å². The minimum atomic E-state index is 0.904. The molecule has 0 N–H and O–H groups in total. The summed E-state index contributed by atoms with van der Waals surface area (Å²) in [5, 5.41) is 0. The molecule has 25 heavy (non-hydrogen) atoms. The molecular weight excluding hydrogens is 308 g/mol. The fourth-order valence-corrected chi connectivity index (χ4v) is 2.79. The highest BCUT2D eigenvalue weighted by Gasteiger charge is 2.08. The monoisotopic (exact) mass is 324 g/mol. The van der Waals surface area contributed by atoms with Crippen LogP contribution in [0.3, 0.4) is 0 Å². The Balaban J connectivity index is 1.66. The Bertz CT molecular complexity index is 981. The maximum Gasteiger partial charge on any atom is 0.0747 e. The summed E-state index contributed by atoms with van der Waals surface area (Å²) in [7, 11) is 0. The Morgan fingerprint density at radius 3 is 1.96 bits per heavy atom. The Morgan fingerprint density at radius 1 is 0.640 bits per heavy atom. The largest absolute Gasteiger partial charge is 0.264 e. The van der Waals surface area contributed by atoms with Gasteiger partial charge in [-0.1, -0.05) is 6.07 Å². The molecule has 0 bridgehead atoms. The second-order valence-electron chi connectivity index (χ2n) is 5.81. The summed E-state index contributed by atoms with van der Waals surface area (Å²) in [5.74, 6) is 0. The van der Waals surface area contributed by atoms with Crippen LogP contribution in [-0.2, 0) is 0 Å². The summed E-state index contributed by atoms with van der Waals surface area (Å²) in [6, 6.07) is 14.1. The average Bonchev–Trinajstić information content (AvgIpc) is 2.69. The van der Waals surface area contributed by atoms with Crippen molar-refractivity contribution < 1.29 is 0 Å². The van der Waals surface area contributed by atoms with Crippen molar-refractivity contribution in [3.8, 4) is 33.6 Å². The van der Waals surface area contributed by atoms with E-state index in [4.69, 9.17) is 0 Å². The highest BCUT2D eigenvalue weighted by molar-refractivity contribution is 5.70. The van der Waals surface area contributed by atoms with Crippen molar-refractivity contribution in [1.82, 2.24) is 19.9 Å². The van der Waals surface area contributed by atoms with Crippen molar-refractivity contribution in [1.29, 1.82) is 0 Å². The predicted molar refractivity (Wildman–Crippen MR) is 98.7 cm³/mol. The molecule has 0 aliphatic rings. The summed E-state index contributed by atoms with van der Waals surface area (Å²) in [6.45, 7) is 2.07. The third-order valence-electron chi connectivity index (χ3n) is 4.07. The van der Waals surface area contributed by atoms with Gasteiger partial charge in [-0.15, -0.1) is 0 Å². The van der Waals surface area contributed by atoms with E-state index in [0.717, 1.165) is 39.2 Å². The fraction of sp³-hybridized carbons (Fsp3) is 0.0476. The Kier molecular flexibility index (Phi) is 4.01. The molecule has 4 aromatic rings. The standard InChI is InChI=1S/C21H16N4/c1-15-10-19(16-4-2-8-22-11-16)14-25-21(15)18-6-7-20(24-13-18)17-5-3-9-23-12-17/h2-14H,1H3. The molecule has 4 aromatic heterocycles. The minimum Gasteiger partial charge on any atom is -0.264 e. The van der Waals surface area contributed by atoms with Gasteiger partial charge < -0.3 is 0 Å². The lowest BCUT2D eigenvalue weighted by Crippen LogP contribution is -1.92. The average molecular weight is 324 g/mol. The van der Waals surface area contributed by atoms with Crippen LogP contribution in [0.1, 0.15) is 5.56 Å². The molecule has 0 amide bonds. The first-order valence-electron chi connectivity index (χ1n) is 8.05. The molecule has 0 aliphatic carbocycles. The molecule has 4 nitrogen and oxygen atoms in total. The van der Waals surface area contributed by atoms with E-state index in [1.165, 1.54) is 0 Å².